The van der Waals surface area contributed by atoms with Gasteiger partial charge in [-0.15, -0.1) is 0 Å². The number of rotatable bonds is 3. The molecular formula is C22H28N3O3S+. The fourth-order valence-corrected chi connectivity index (χ4v) is 5.55. The quantitative estimate of drug-likeness (QED) is 0.823. The molecule has 1 unspecified atom stereocenters. The van der Waals surface area contributed by atoms with E-state index in [1.807, 2.05) is 17.0 Å². The minimum absolute atomic E-state index is 0.122. The van der Waals surface area contributed by atoms with Crippen molar-refractivity contribution in [1.29, 1.82) is 0 Å². The van der Waals surface area contributed by atoms with E-state index in [1.165, 1.54) is 46.6 Å². The number of anilines is 1. The van der Waals surface area contributed by atoms with Crippen molar-refractivity contribution in [2.24, 2.45) is 0 Å². The van der Waals surface area contributed by atoms with Crippen molar-refractivity contribution in [3.8, 4) is 0 Å². The van der Waals surface area contributed by atoms with Gasteiger partial charge in [0.2, 0.25) is 10.0 Å². The molecule has 1 saturated heterocycles. The van der Waals surface area contributed by atoms with Crippen LogP contribution in [-0.4, -0.2) is 58.9 Å². The summed E-state index contributed by atoms with van der Waals surface area (Å²) >= 11 is 0. The number of quaternary nitrogens is 1. The van der Waals surface area contributed by atoms with Gasteiger partial charge in [-0.1, -0.05) is 23.8 Å². The summed E-state index contributed by atoms with van der Waals surface area (Å²) in [5.41, 5.74) is 3.80. The minimum Gasteiger partial charge on any atom is -0.337 e. The molecular weight excluding hydrogens is 386 g/mol. The number of likely N-dealkylation sites (N-methyl/N-ethyl adjacent to an activating group) is 1. The Hall–Kier alpha value is -2.22. The fraction of sp³-hybridized carbons (Fsp3) is 0.409. The normalized spacial score (nSPS) is 23.8. The van der Waals surface area contributed by atoms with Gasteiger partial charge in [-0.05, 0) is 36.8 Å². The molecule has 0 spiro atoms. The number of sulfonamides is 1. The van der Waals surface area contributed by atoms with Crippen LogP contribution in [0.3, 0.4) is 0 Å². The van der Waals surface area contributed by atoms with Gasteiger partial charge in [0.25, 0.3) is 5.91 Å². The lowest BCUT2D eigenvalue weighted by molar-refractivity contribution is -0.886. The lowest BCUT2D eigenvalue weighted by Gasteiger charge is -2.34. The van der Waals surface area contributed by atoms with Gasteiger partial charge >= 0.3 is 0 Å². The number of amides is 1. The first-order valence-corrected chi connectivity index (χ1v) is 11.4. The molecule has 29 heavy (non-hydrogen) atoms. The second-order valence-electron chi connectivity index (χ2n) is 8.43. The van der Waals surface area contributed by atoms with E-state index in [1.54, 1.807) is 12.1 Å². The molecule has 4 rings (SSSR count). The summed E-state index contributed by atoms with van der Waals surface area (Å²) in [6.07, 6.45) is 0.936. The number of nitrogens with one attached hydrogen (secondary N) is 1. The second kappa shape index (κ2) is 7.23. The number of carbonyl (C=O) groups is 1. The first kappa shape index (κ1) is 20.1. The SMILES string of the molecule is Cc1ccc2c(c1)[C@H]1C[NH+](C)CC[C@H]1N2C(=O)c1cccc(S(=O)(=O)N(C)C)c1. The number of benzene rings is 2. The minimum atomic E-state index is -3.59. The molecule has 154 valence electrons. The molecule has 7 heteroatoms. The molecule has 0 radical (unpaired) electrons. The molecule has 0 aromatic heterocycles. The second-order valence-corrected chi connectivity index (χ2v) is 10.6. The third-order valence-corrected chi connectivity index (χ3v) is 7.96. The van der Waals surface area contributed by atoms with Crippen LogP contribution in [0.5, 0.6) is 0 Å². The summed E-state index contributed by atoms with van der Waals surface area (Å²) in [6.45, 7) is 4.10. The van der Waals surface area contributed by atoms with Crippen molar-refractivity contribution in [3.05, 3.63) is 59.2 Å². The topological polar surface area (TPSA) is 62.1 Å². The molecule has 0 saturated carbocycles. The van der Waals surface area contributed by atoms with Crippen molar-refractivity contribution in [3.63, 3.8) is 0 Å². The zero-order valence-electron chi connectivity index (χ0n) is 17.3. The Morgan fingerprint density at radius 1 is 1.17 bits per heavy atom. The van der Waals surface area contributed by atoms with Crippen molar-refractivity contribution in [2.45, 2.75) is 30.2 Å². The zero-order valence-corrected chi connectivity index (χ0v) is 18.2. The predicted molar refractivity (Wildman–Crippen MR) is 113 cm³/mol. The molecule has 6 nitrogen and oxygen atoms in total. The largest absolute Gasteiger partial charge is 0.337 e. The molecule has 1 N–H and O–H groups in total. The van der Waals surface area contributed by atoms with Crippen LogP contribution in [0.4, 0.5) is 5.69 Å². The molecule has 2 heterocycles. The van der Waals surface area contributed by atoms with Gasteiger partial charge in [0.1, 0.15) is 0 Å². The third kappa shape index (κ3) is 3.37. The highest BCUT2D eigenvalue weighted by molar-refractivity contribution is 7.89. The highest BCUT2D eigenvalue weighted by atomic mass is 32.2. The van der Waals surface area contributed by atoms with E-state index < -0.39 is 10.0 Å². The summed E-state index contributed by atoms with van der Waals surface area (Å²) < 4.78 is 26.2. The van der Waals surface area contributed by atoms with Crippen molar-refractivity contribution in [2.75, 3.05) is 39.1 Å². The maximum absolute atomic E-state index is 13.6. The summed E-state index contributed by atoms with van der Waals surface area (Å²) in [7, 11) is 1.59. The number of fused-ring (bicyclic) bond motifs is 3. The number of likely N-dealkylation sites (tertiary alicyclic amines) is 1. The summed E-state index contributed by atoms with van der Waals surface area (Å²) in [4.78, 5) is 17.1. The van der Waals surface area contributed by atoms with E-state index in [0.717, 1.165) is 25.2 Å². The lowest BCUT2D eigenvalue weighted by Crippen LogP contribution is -3.11. The Bertz CT molecular complexity index is 1060. The smallest absolute Gasteiger partial charge is 0.258 e. The van der Waals surface area contributed by atoms with Gasteiger partial charge in [0.05, 0.1) is 37.0 Å². The molecule has 3 atom stereocenters. The first-order valence-electron chi connectivity index (χ1n) is 9.98. The predicted octanol–water partition coefficient (Wildman–Crippen LogP) is 1.28. The van der Waals surface area contributed by atoms with Gasteiger partial charge < -0.3 is 9.80 Å². The molecule has 2 aromatic carbocycles. The monoisotopic (exact) mass is 414 g/mol. The Balaban J connectivity index is 1.76. The molecule has 0 bridgehead atoms. The molecule has 1 amide bonds. The number of nitrogens with zero attached hydrogens (tertiary/aromatic N) is 2. The van der Waals surface area contributed by atoms with E-state index in [-0.39, 0.29) is 16.8 Å². The fourth-order valence-electron chi connectivity index (χ4n) is 4.60. The Morgan fingerprint density at radius 3 is 2.66 bits per heavy atom. The van der Waals surface area contributed by atoms with E-state index in [2.05, 4.69) is 20.0 Å². The first-order chi connectivity index (χ1) is 13.7. The van der Waals surface area contributed by atoms with E-state index >= 15 is 0 Å². The van der Waals surface area contributed by atoms with Crippen LogP contribution in [-0.2, 0) is 10.0 Å². The molecule has 2 aliphatic heterocycles. The van der Waals surface area contributed by atoms with Gasteiger partial charge in [-0.2, -0.15) is 0 Å². The standard InChI is InChI=1S/C22H27N3O3S/c1-15-8-9-20-18(12-15)19-14-24(4)11-10-21(19)25(20)22(26)16-6-5-7-17(13-16)29(27,28)23(2)3/h5-9,12-13,19,21H,10-11,14H2,1-4H3/p+1/t19-,21-/m1/s1. The third-order valence-electron chi connectivity index (χ3n) is 6.15. The zero-order chi connectivity index (χ0) is 20.9. The molecule has 2 aliphatic rings. The number of aryl methyl sites for hydroxylation is 1. The van der Waals surface area contributed by atoms with Crippen molar-refractivity contribution < 1.29 is 18.1 Å². The van der Waals surface area contributed by atoms with Crippen LogP contribution in [0.2, 0.25) is 0 Å². The average Bonchev–Trinajstić information content (AvgIpc) is 3.00. The Labute approximate surface area is 172 Å². The summed E-state index contributed by atoms with van der Waals surface area (Å²) in [5.74, 6) is 0.189. The number of hydrogen-bond donors (Lipinski definition) is 1. The van der Waals surface area contributed by atoms with Crippen LogP contribution in [0.15, 0.2) is 47.4 Å². The Kier molecular flexibility index (Phi) is 5.01. The van der Waals surface area contributed by atoms with E-state index in [9.17, 15) is 13.2 Å². The van der Waals surface area contributed by atoms with Crippen LogP contribution in [0.1, 0.15) is 33.8 Å². The molecule has 0 aliphatic carbocycles. The Morgan fingerprint density at radius 2 is 1.93 bits per heavy atom. The van der Waals surface area contributed by atoms with Crippen LogP contribution < -0.4 is 9.80 Å². The van der Waals surface area contributed by atoms with Gasteiger partial charge in [0, 0.05) is 31.8 Å². The highest BCUT2D eigenvalue weighted by Crippen LogP contribution is 2.43. The highest BCUT2D eigenvalue weighted by Gasteiger charge is 2.45. The number of carbonyl (C=O) groups excluding carboxylic acids is 1. The van der Waals surface area contributed by atoms with Crippen molar-refractivity contribution >= 4 is 21.6 Å². The lowest BCUT2D eigenvalue weighted by atomic mass is 9.88. The number of hydrogen-bond acceptors (Lipinski definition) is 3. The maximum atomic E-state index is 13.6. The summed E-state index contributed by atoms with van der Waals surface area (Å²) in [6, 6.07) is 12.8. The summed E-state index contributed by atoms with van der Waals surface area (Å²) in [5, 5.41) is 0. The van der Waals surface area contributed by atoms with Crippen LogP contribution in [0, 0.1) is 6.92 Å². The van der Waals surface area contributed by atoms with Gasteiger partial charge in [-0.25, -0.2) is 12.7 Å². The number of piperidine rings is 1. The van der Waals surface area contributed by atoms with E-state index in [4.69, 9.17) is 0 Å². The molecule has 2 aromatic rings. The van der Waals surface area contributed by atoms with Gasteiger partial charge in [0.15, 0.2) is 0 Å². The van der Waals surface area contributed by atoms with E-state index in [0.29, 0.717) is 11.5 Å². The molecule has 1 fully saturated rings. The van der Waals surface area contributed by atoms with Crippen molar-refractivity contribution in [1.82, 2.24) is 4.31 Å². The maximum Gasteiger partial charge on any atom is 0.258 e. The van der Waals surface area contributed by atoms with Crippen LogP contribution in [0.25, 0.3) is 0 Å². The van der Waals surface area contributed by atoms with Crippen LogP contribution >= 0.6 is 0 Å². The average molecular weight is 415 g/mol. The van der Waals surface area contributed by atoms with Gasteiger partial charge in [-0.3, -0.25) is 4.79 Å².